The number of benzene rings is 2. The van der Waals surface area contributed by atoms with Gasteiger partial charge < -0.3 is 9.47 Å². The Hall–Kier alpha value is -2.33. The predicted molar refractivity (Wildman–Crippen MR) is 87.1 cm³/mol. The molecule has 0 saturated carbocycles. The van der Waals surface area contributed by atoms with Gasteiger partial charge >= 0.3 is 0 Å². The normalized spacial score (nSPS) is 20.0. The lowest BCUT2D eigenvalue weighted by molar-refractivity contribution is 0.174. The van der Waals surface area contributed by atoms with E-state index in [-0.39, 0.29) is 11.9 Å². The largest absolute Gasteiger partial charge is 0.454 e. The standard InChI is InChI=1S/C19H18FNO2/c1-21-9-8-14-10-18-19(23-12-22-18)11-16(14)17(21)7-4-13-2-5-15(20)6-3-13/h2-7,10-11,17H,8-9,12H2,1H3/b7-4+. The van der Waals surface area contributed by atoms with Crippen molar-refractivity contribution in [3.8, 4) is 11.5 Å². The van der Waals surface area contributed by atoms with Crippen LogP contribution in [0.25, 0.3) is 6.08 Å². The van der Waals surface area contributed by atoms with Gasteiger partial charge in [-0.05, 0) is 54.4 Å². The highest BCUT2D eigenvalue weighted by atomic mass is 19.1. The first kappa shape index (κ1) is 14.3. The Bertz CT molecular complexity index is 755. The van der Waals surface area contributed by atoms with Crippen LogP contribution in [0.5, 0.6) is 11.5 Å². The molecule has 4 heteroatoms. The molecular formula is C19H18FNO2. The molecule has 0 fully saturated rings. The van der Waals surface area contributed by atoms with Crippen molar-refractivity contribution in [2.75, 3.05) is 20.4 Å². The van der Waals surface area contributed by atoms with E-state index >= 15 is 0 Å². The van der Waals surface area contributed by atoms with Crippen molar-refractivity contribution in [1.82, 2.24) is 4.90 Å². The average Bonchev–Trinajstić information content (AvgIpc) is 3.01. The smallest absolute Gasteiger partial charge is 0.231 e. The average molecular weight is 311 g/mol. The maximum Gasteiger partial charge on any atom is 0.231 e. The van der Waals surface area contributed by atoms with E-state index < -0.39 is 0 Å². The van der Waals surface area contributed by atoms with Gasteiger partial charge in [0, 0.05) is 6.54 Å². The molecule has 2 aliphatic rings. The zero-order chi connectivity index (χ0) is 15.8. The Morgan fingerprint density at radius 1 is 1.13 bits per heavy atom. The highest BCUT2D eigenvalue weighted by Gasteiger charge is 2.26. The van der Waals surface area contributed by atoms with Crippen LogP contribution in [0.1, 0.15) is 22.7 Å². The van der Waals surface area contributed by atoms with E-state index in [9.17, 15) is 4.39 Å². The van der Waals surface area contributed by atoms with E-state index in [4.69, 9.17) is 9.47 Å². The predicted octanol–water partition coefficient (Wildman–Crippen LogP) is 3.80. The van der Waals surface area contributed by atoms with Crippen molar-refractivity contribution in [1.29, 1.82) is 0 Å². The molecule has 0 radical (unpaired) electrons. The first-order valence-electron chi connectivity index (χ1n) is 7.77. The molecular weight excluding hydrogens is 293 g/mol. The molecule has 2 heterocycles. The van der Waals surface area contributed by atoms with Crippen molar-refractivity contribution in [3.05, 3.63) is 65.0 Å². The molecule has 0 saturated heterocycles. The summed E-state index contributed by atoms with van der Waals surface area (Å²) in [6, 6.07) is 10.9. The van der Waals surface area contributed by atoms with Gasteiger partial charge in [0.25, 0.3) is 0 Å². The van der Waals surface area contributed by atoms with Crippen LogP contribution in [0.4, 0.5) is 4.39 Å². The molecule has 2 aromatic rings. The van der Waals surface area contributed by atoms with E-state index in [2.05, 4.69) is 30.2 Å². The minimum atomic E-state index is -0.213. The summed E-state index contributed by atoms with van der Waals surface area (Å²) in [7, 11) is 2.12. The first-order valence-corrected chi connectivity index (χ1v) is 7.77. The molecule has 0 amide bonds. The summed E-state index contributed by atoms with van der Waals surface area (Å²) in [5.41, 5.74) is 3.55. The maximum atomic E-state index is 13.0. The molecule has 3 nitrogen and oxygen atoms in total. The van der Waals surface area contributed by atoms with Crippen LogP contribution in [0, 0.1) is 5.82 Å². The Balaban J connectivity index is 1.67. The van der Waals surface area contributed by atoms with Gasteiger partial charge in [-0.25, -0.2) is 4.39 Å². The van der Waals surface area contributed by atoms with Crippen LogP contribution in [-0.4, -0.2) is 25.3 Å². The third kappa shape index (κ3) is 2.70. The molecule has 0 bridgehead atoms. The van der Waals surface area contributed by atoms with Crippen molar-refractivity contribution < 1.29 is 13.9 Å². The summed E-state index contributed by atoms with van der Waals surface area (Å²) >= 11 is 0. The molecule has 2 aliphatic heterocycles. The summed E-state index contributed by atoms with van der Waals surface area (Å²) in [6.45, 7) is 1.29. The summed E-state index contributed by atoms with van der Waals surface area (Å²) in [5, 5.41) is 0. The SMILES string of the molecule is CN1CCc2cc3c(cc2C1/C=C/c1ccc(F)cc1)OCO3. The van der Waals surface area contributed by atoms with Crippen LogP contribution in [-0.2, 0) is 6.42 Å². The molecule has 0 spiro atoms. The number of fused-ring (bicyclic) bond motifs is 2. The molecule has 0 N–H and O–H groups in total. The Labute approximate surface area is 134 Å². The van der Waals surface area contributed by atoms with Crippen molar-refractivity contribution in [2.45, 2.75) is 12.5 Å². The second-order valence-corrected chi connectivity index (χ2v) is 5.99. The van der Waals surface area contributed by atoms with Crippen LogP contribution in [0.15, 0.2) is 42.5 Å². The minimum Gasteiger partial charge on any atom is -0.454 e. The van der Waals surface area contributed by atoms with Gasteiger partial charge in [-0.3, -0.25) is 4.90 Å². The van der Waals surface area contributed by atoms with Gasteiger partial charge in [0.1, 0.15) is 5.82 Å². The minimum absolute atomic E-state index is 0.179. The van der Waals surface area contributed by atoms with Gasteiger partial charge in [0.05, 0.1) is 6.04 Å². The summed E-state index contributed by atoms with van der Waals surface area (Å²) in [5.74, 6) is 1.45. The molecule has 23 heavy (non-hydrogen) atoms. The van der Waals surface area contributed by atoms with Gasteiger partial charge in [-0.15, -0.1) is 0 Å². The fraction of sp³-hybridized carbons (Fsp3) is 0.263. The van der Waals surface area contributed by atoms with Crippen LogP contribution in [0.3, 0.4) is 0 Å². The number of halogens is 1. The van der Waals surface area contributed by atoms with Gasteiger partial charge in [-0.1, -0.05) is 24.3 Å². The monoisotopic (exact) mass is 311 g/mol. The first-order chi connectivity index (χ1) is 11.2. The molecule has 118 valence electrons. The van der Waals surface area contributed by atoms with Gasteiger partial charge in [-0.2, -0.15) is 0 Å². The van der Waals surface area contributed by atoms with Gasteiger partial charge in [0.2, 0.25) is 6.79 Å². The fourth-order valence-corrected chi connectivity index (χ4v) is 3.19. The Kier molecular flexibility index (Phi) is 3.54. The molecule has 0 aromatic heterocycles. The topological polar surface area (TPSA) is 21.7 Å². The van der Waals surface area contributed by atoms with Gasteiger partial charge in [0.15, 0.2) is 11.5 Å². The number of hydrogen-bond acceptors (Lipinski definition) is 3. The maximum absolute atomic E-state index is 13.0. The van der Waals surface area contributed by atoms with Crippen molar-refractivity contribution in [2.24, 2.45) is 0 Å². The van der Waals surface area contributed by atoms with E-state index in [0.717, 1.165) is 30.0 Å². The number of hydrogen-bond donors (Lipinski definition) is 0. The second kappa shape index (κ2) is 5.70. The zero-order valence-corrected chi connectivity index (χ0v) is 13.0. The molecule has 4 rings (SSSR count). The Morgan fingerprint density at radius 2 is 1.87 bits per heavy atom. The fourth-order valence-electron chi connectivity index (χ4n) is 3.19. The van der Waals surface area contributed by atoms with E-state index in [1.54, 1.807) is 12.1 Å². The van der Waals surface area contributed by atoms with Crippen LogP contribution < -0.4 is 9.47 Å². The van der Waals surface area contributed by atoms with E-state index in [1.165, 1.54) is 23.3 Å². The molecule has 1 unspecified atom stereocenters. The molecule has 2 aromatic carbocycles. The van der Waals surface area contributed by atoms with Crippen molar-refractivity contribution in [3.63, 3.8) is 0 Å². The third-order valence-electron chi connectivity index (χ3n) is 4.50. The lowest BCUT2D eigenvalue weighted by Gasteiger charge is -2.33. The third-order valence-corrected chi connectivity index (χ3v) is 4.50. The number of rotatable bonds is 2. The van der Waals surface area contributed by atoms with Crippen LogP contribution >= 0.6 is 0 Å². The zero-order valence-electron chi connectivity index (χ0n) is 13.0. The quantitative estimate of drug-likeness (QED) is 0.842. The lowest BCUT2D eigenvalue weighted by atomic mass is 9.91. The van der Waals surface area contributed by atoms with E-state index in [0.29, 0.717) is 6.79 Å². The highest BCUT2D eigenvalue weighted by Crippen LogP contribution is 2.40. The number of ether oxygens (including phenoxy) is 2. The van der Waals surface area contributed by atoms with E-state index in [1.807, 2.05) is 6.08 Å². The highest BCUT2D eigenvalue weighted by molar-refractivity contribution is 5.55. The Morgan fingerprint density at radius 3 is 2.65 bits per heavy atom. The molecule has 1 atom stereocenters. The summed E-state index contributed by atoms with van der Waals surface area (Å²) in [6.07, 6.45) is 5.21. The number of likely N-dealkylation sites (N-methyl/N-ethyl adjacent to an activating group) is 1. The summed E-state index contributed by atoms with van der Waals surface area (Å²) in [4.78, 5) is 2.31. The number of nitrogens with zero attached hydrogens (tertiary/aromatic N) is 1. The lowest BCUT2D eigenvalue weighted by Crippen LogP contribution is -2.30. The molecule has 0 aliphatic carbocycles. The summed E-state index contributed by atoms with van der Waals surface area (Å²) < 4.78 is 24.0. The van der Waals surface area contributed by atoms with Crippen molar-refractivity contribution >= 4 is 6.08 Å². The second-order valence-electron chi connectivity index (χ2n) is 5.99. The van der Waals surface area contributed by atoms with Crippen LogP contribution in [0.2, 0.25) is 0 Å².